The summed E-state index contributed by atoms with van der Waals surface area (Å²) in [6.45, 7) is 2.23. The van der Waals surface area contributed by atoms with Gasteiger partial charge >= 0.3 is 8.24 Å². The van der Waals surface area contributed by atoms with Crippen LogP contribution in [0.3, 0.4) is 0 Å². The standard InChI is InChI=1S/C19H18NSi/c1-16-9-8-10-17-15-21(20(16)17,18-11-4-2-5-12-18)19-13-6-3-7-14-19/h2-14H,15H2,1H3/q+1. The number of nitrogens with zero attached hydrogens (tertiary/aromatic N) is 1. The summed E-state index contributed by atoms with van der Waals surface area (Å²) in [5.41, 5.74) is 2.84. The highest BCUT2D eigenvalue weighted by molar-refractivity contribution is 6.96. The van der Waals surface area contributed by atoms with Crippen molar-refractivity contribution in [3.63, 3.8) is 0 Å². The smallest absolute Gasteiger partial charge is 0.267 e. The Kier molecular flexibility index (Phi) is 2.79. The number of hydrogen-bond acceptors (Lipinski definition) is 0. The molecule has 1 nitrogen and oxygen atoms in total. The molecule has 0 spiro atoms. The largest absolute Gasteiger partial charge is 0.440 e. The second-order valence-electron chi connectivity index (χ2n) is 5.76. The SMILES string of the molecule is Cc1cccc2[n+]1[Si](c1ccccc1)(c1ccccc1)C2. The van der Waals surface area contributed by atoms with E-state index in [-0.39, 0.29) is 0 Å². The Morgan fingerprint density at radius 2 is 1.29 bits per heavy atom. The lowest BCUT2D eigenvalue weighted by Gasteiger charge is -2.35. The van der Waals surface area contributed by atoms with Crippen molar-refractivity contribution in [1.82, 2.24) is 0 Å². The van der Waals surface area contributed by atoms with Crippen molar-refractivity contribution >= 4 is 18.6 Å². The van der Waals surface area contributed by atoms with Crippen LogP contribution in [0.1, 0.15) is 11.4 Å². The molecule has 0 N–H and O–H groups in total. The molecule has 102 valence electrons. The molecule has 4 rings (SSSR count). The van der Waals surface area contributed by atoms with Gasteiger partial charge in [-0.05, 0) is 6.07 Å². The summed E-state index contributed by atoms with van der Waals surface area (Å²) in [7, 11) is -1.84. The Hall–Kier alpha value is -2.19. The van der Waals surface area contributed by atoms with Gasteiger partial charge in [0.25, 0.3) is 0 Å². The molecule has 1 aliphatic rings. The van der Waals surface area contributed by atoms with E-state index in [1.807, 2.05) is 0 Å². The van der Waals surface area contributed by atoms with Crippen LogP contribution in [-0.2, 0) is 6.04 Å². The topological polar surface area (TPSA) is 3.88 Å². The summed E-state index contributed by atoms with van der Waals surface area (Å²) in [6, 6.07) is 30.0. The molecule has 21 heavy (non-hydrogen) atoms. The molecule has 3 aromatic rings. The number of hydrogen-bond donors (Lipinski definition) is 0. The fourth-order valence-electron chi connectivity index (χ4n) is 3.66. The number of aryl methyl sites for hydroxylation is 1. The van der Waals surface area contributed by atoms with Crippen LogP contribution in [0, 0.1) is 6.92 Å². The molecular weight excluding hydrogens is 270 g/mol. The Labute approximate surface area is 126 Å². The number of fused-ring (bicyclic) bond motifs is 1. The molecule has 2 heteroatoms. The monoisotopic (exact) mass is 288 g/mol. The fourth-order valence-corrected chi connectivity index (χ4v) is 8.43. The molecule has 0 unspecified atom stereocenters. The highest BCUT2D eigenvalue weighted by Gasteiger charge is 2.61. The molecule has 1 aliphatic heterocycles. The Morgan fingerprint density at radius 1 is 0.714 bits per heavy atom. The molecule has 0 atom stereocenters. The van der Waals surface area contributed by atoms with E-state index in [4.69, 9.17) is 0 Å². The van der Waals surface area contributed by atoms with Crippen molar-refractivity contribution in [1.29, 1.82) is 0 Å². The first-order chi connectivity index (χ1) is 10.3. The molecule has 0 fully saturated rings. The van der Waals surface area contributed by atoms with Crippen LogP contribution >= 0.6 is 0 Å². The summed E-state index contributed by atoms with van der Waals surface area (Å²) in [6.07, 6.45) is 0. The van der Waals surface area contributed by atoms with Crippen molar-refractivity contribution in [3.8, 4) is 0 Å². The van der Waals surface area contributed by atoms with Crippen LogP contribution in [0.4, 0.5) is 0 Å². The molecule has 2 heterocycles. The maximum atomic E-state index is 2.62. The van der Waals surface area contributed by atoms with E-state index in [2.05, 4.69) is 90.0 Å². The summed E-state index contributed by atoms with van der Waals surface area (Å²) >= 11 is 0. The van der Waals surface area contributed by atoms with Crippen LogP contribution in [-0.4, -0.2) is 8.24 Å². The van der Waals surface area contributed by atoms with Gasteiger partial charge in [-0.25, -0.2) is 0 Å². The van der Waals surface area contributed by atoms with Crippen LogP contribution in [0.15, 0.2) is 78.9 Å². The zero-order chi connectivity index (χ0) is 14.3. The zero-order valence-corrected chi connectivity index (χ0v) is 13.2. The van der Waals surface area contributed by atoms with Crippen LogP contribution < -0.4 is 14.6 Å². The van der Waals surface area contributed by atoms with Crippen molar-refractivity contribution in [2.75, 3.05) is 0 Å². The minimum absolute atomic E-state index is 1.20. The van der Waals surface area contributed by atoms with Gasteiger partial charge in [0, 0.05) is 29.4 Å². The summed E-state index contributed by atoms with van der Waals surface area (Å²) in [5.74, 6) is 0. The third-order valence-corrected chi connectivity index (χ3v) is 9.44. The maximum absolute atomic E-state index is 2.62. The predicted octanol–water partition coefficient (Wildman–Crippen LogP) is 1.99. The average molecular weight is 288 g/mol. The normalized spacial score (nSPS) is 15.1. The molecule has 2 aromatic carbocycles. The van der Waals surface area contributed by atoms with E-state index < -0.39 is 8.24 Å². The number of benzene rings is 2. The number of rotatable bonds is 2. The Balaban J connectivity index is 2.01. The molecule has 0 aliphatic carbocycles. The van der Waals surface area contributed by atoms with Gasteiger partial charge in [0.15, 0.2) is 11.4 Å². The van der Waals surface area contributed by atoms with Gasteiger partial charge in [-0.2, -0.15) is 0 Å². The van der Waals surface area contributed by atoms with Crippen LogP contribution in [0.25, 0.3) is 0 Å². The zero-order valence-electron chi connectivity index (χ0n) is 12.2. The van der Waals surface area contributed by atoms with E-state index in [9.17, 15) is 0 Å². The number of aromatic nitrogens is 1. The number of pyridine rings is 1. The third-order valence-electron chi connectivity index (χ3n) is 4.59. The van der Waals surface area contributed by atoms with Gasteiger partial charge in [-0.1, -0.05) is 60.7 Å². The van der Waals surface area contributed by atoms with E-state index in [0.717, 1.165) is 0 Å². The molecule has 0 radical (unpaired) electrons. The molecule has 1 aromatic heterocycles. The van der Waals surface area contributed by atoms with Gasteiger partial charge in [0.1, 0.15) is 0 Å². The molecule has 0 saturated heterocycles. The average Bonchev–Trinajstić information content (AvgIpc) is 2.51. The van der Waals surface area contributed by atoms with Crippen molar-refractivity contribution < 1.29 is 4.23 Å². The molecule has 0 amide bonds. The van der Waals surface area contributed by atoms with Gasteiger partial charge in [-0.3, -0.25) is 4.23 Å². The van der Waals surface area contributed by atoms with Gasteiger partial charge in [0.05, 0.1) is 6.04 Å². The van der Waals surface area contributed by atoms with E-state index >= 15 is 0 Å². The summed E-state index contributed by atoms with van der Waals surface area (Å²) in [4.78, 5) is 0. The van der Waals surface area contributed by atoms with Crippen molar-refractivity contribution in [3.05, 3.63) is 90.3 Å². The highest BCUT2D eigenvalue weighted by Crippen LogP contribution is 2.19. The Bertz CT molecular complexity index is 727. The molecule has 0 bridgehead atoms. The van der Waals surface area contributed by atoms with E-state index in [1.54, 1.807) is 0 Å². The van der Waals surface area contributed by atoms with E-state index in [0.29, 0.717) is 0 Å². The quantitative estimate of drug-likeness (QED) is 0.635. The Morgan fingerprint density at radius 3 is 1.81 bits per heavy atom. The first-order valence-electron chi connectivity index (χ1n) is 7.44. The van der Waals surface area contributed by atoms with Gasteiger partial charge in [0.2, 0.25) is 0 Å². The first-order valence-corrected chi connectivity index (χ1v) is 9.60. The lowest BCUT2D eigenvalue weighted by Crippen LogP contribution is -2.89. The first kappa shape index (κ1) is 12.5. The van der Waals surface area contributed by atoms with Gasteiger partial charge < -0.3 is 0 Å². The van der Waals surface area contributed by atoms with Crippen LogP contribution in [0.5, 0.6) is 0 Å². The summed E-state index contributed by atoms with van der Waals surface area (Å²) in [5, 5.41) is 3.01. The molecule has 0 saturated carbocycles. The fraction of sp³-hybridized carbons (Fsp3) is 0.105. The van der Waals surface area contributed by atoms with Crippen molar-refractivity contribution in [2.24, 2.45) is 0 Å². The minimum atomic E-state index is -1.84. The predicted molar refractivity (Wildman–Crippen MR) is 88.4 cm³/mol. The third kappa shape index (κ3) is 1.72. The van der Waals surface area contributed by atoms with Crippen molar-refractivity contribution in [2.45, 2.75) is 13.0 Å². The van der Waals surface area contributed by atoms with E-state index in [1.165, 1.54) is 27.8 Å². The summed E-state index contributed by atoms with van der Waals surface area (Å²) < 4.78 is 2.62. The minimum Gasteiger partial charge on any atom is -0.267 e. The second kappa shape index (κ2) is 4.67. The highest BCUT2D eigenvalue weighted by atomic mass is 28.3. The second-order valence-corrected chi connectivity index (χ2v) is 9.44. The van der Waals surface area contributed by atoms with Crippen LogP contribution in [0.2, 0.25) is 0 Å². The lowest BCUT2D eigenvalue weighted by molar-refractivity contribution is -0.581. The van der Waals surface area contributed by atoms with Gasteiger partial charge in [-0.15, -0.1) is 0 Å². The lowest BCUT2D eigenvalue weighted by atomic mass is 10.3. The molecular formula is C19H18NSi+. The maximum Gasteiger partial charge on any atom is 0.440 e.